The van der Waals surface area contributed by atoms with Crippen LogP contribution in [0.2, 0.25) is 0 Å². The van der Waals surface area contributed by atoms with E-state index in [0.29, 0.717) is 18.1 Å². The Hall–Kier alpha value is -1.86. The molecule has 0 saturated carbocycles. The number of nitrogens with zero attached hydrogens (tertiary/aromatic N) is 1. The molecule has 0 aliphatic heterocycles. The summed E-state index contributed by atoms with van der Waals surface area (Å²) in [6, 6.07) is 9.29. The summed E-state index contributed by atoms with van der Waals surface area (Å²) in [4.78, 5) is 4.47. The molecule has 7 heteroatoms. The van der Waals surface area contributed by atoms with Crippen LogP contribution in [0, 0.1) is 0 Å². The topological polar surface area (TPSA) is 97.1 Å². The van der Waals surface area contributed by atoms with E-state index >= 15 is 0 Å². The van der Waals surface area contributed by atoms with Crippen LogP contribution in [-0.2, 0) is 10.0 Å². The Morgan fingerprint density at radius 1 is 1.24 bits per heavy atom. The van der Waals surface area contributed by atoms with Crippen LogP contribution in [0.5, 0.6) is 0 Å². The van der Waals surface area contributed by atoms with Crippen LogP contribution in [0.1, 0.15) is 13.8 Å². The smallest absolute Gasteiger partial charge is 0.209 e. The number of aromatic nitrogens is 1. The van der Waals surface area contributed by atoms with E-state index in [9.17, 15) is 8.42 Å². The quantitative estimate of drug-likeness (QED) is 0.728. The number of hydrogen-bond donors (Lipinski definition) is 3. The molecule has 0 fully saturated rings. The van der Waals surface area contributed by atoms with Gasteiger partial charge in [0, 0.05) is 23.2 Å². The first kappa shape index (κ1) is 15.5. The lowest BCUT2D eigenvalue weighted by Crippen LogP contribution is -2.47. The van der Waals surface area contributed by atoms with Crippen molar-refractivity contribution < 1.29 is 8.42 Å². The molecule has 0 saturated heterocycles. The van der Waals surface area contributed by atoms with Gasteiger partial charge in [-0.25, -0.2) is 18.1 Å². The zero-order valence-electron chi connectivity index (χ0n) is 12.3. The number of pyridine rings is 1. The Morgan fingerprint density at radius 3 is 2.62 bits per heavy atom. The van der Waals surface area contributed by atoms with Gasteiger partial charge in [0.05, 0.1) is 11.8 Å². The average molecular weight is 308 g/mol. The Balaban J connectivity index is 2.11. The lowest BCUT2D eigenvalue weighted by molar-refractivity contribution is 0.476. The zero-order chi connectivity index (χ0) is 15.7. The molecule has 0 unspecified atom stereocenters. The summed E-state index contributed by atoms with van der Waals surface area (Å²) in [5.41, 5.74) is 6.66. The number of nitrogens with one attached hydrogen (secondary N) is 2. The maximum Gasteiger partial charge on any atom is 0.209 e. The first-order valence-electron chi connectivity index (χ1n) is 6.54. The number of rotatable bonds is 5. The van der Waals surface area contributed by atoms with E-state index in [1.54, 1.807) is 6.07 Å². The molecule has 0 aliphatic rings. The number of hydrogen-bond acceptors (Lipinski definition) is 5. The number of benzene rings is 1. The van der Waals surface area contributed by atoms with Gasteiger partial charge in [-0.15, -0.1) is 0 Å². The summed E-state index contributed by atoms with van der Waals surface area (Å²) in [7, 11) is -3.25. The van der Waals surface area contributed by atoms with Crippen molar-refractivity contribution in [2.24, 2.45) is 0 Å². The molecule has 114 valence electrons. The van der Waals surface area contributed by atoms with E-state index in [2.05, 4.69) is 15.0 Å². The molecule has 2 aromatic rings. The van der Waals surface area contributed by atoms with Crippen molar-refractivity contribution in [3.63, 3.8) is 0 Å². The fourth-order valence-corrected chi connectivity index (χ4v) is 3.17. The fraction of sp³-hybridized carbons (Fsp3) is 0.357. The van der Waals surface area contributed by atoms with Gasteiger partial charge in [-0.05, 0) is 44.2 Å². The van der Waals surface area contributed by atoms with Crippen LogP contribution in [0.25, 0.3) is 10.9 Å². The van der Waals surface area contributed by atoms with Crippen molar-refractivity contribution in [2.75, 3.05) is 23.9 Å². The highest BCUT2D eigenvalue weighted by molar-refractivity contribution is 7.88. The summed E-state index contributed by atoms with van der Waals surface area (Å²) in [5.74, 6) is 0.690. The van der Waals surface area contributed by atoms with Crippen molar-refractivity contribution >= 4 is 32.4 Å². The fourth-order valence-electron chi connectivity index (χ4n) is 2.09. The summed E-state index contributed by atoms with van der Waals surface area (Å²) < 4.78 is 25.2. The first-order chi connectivity index (χ1) is 9.65. The molecule has 2 rings (SSSR count). The summed E-state index contributed by atoms with van der Waals surface area (Å²) in [5, 5.41) is 4.11. The Kier molecular flexibility index (Phi) is 4.06. The maximum atomic E-state index is 11.3. The molecule has 0 atom stereocenters. The van der Waals surface area contributed by atoms with Gasteiger partial charge < -0.3 is 11.1 Å². The van der Waals surface area contributed by atoms with Gasteiger partial charge >= 0.3 is 0 Å². The number of sulfonamides is 1. The minimum absolute atomic E-state index is 0.424. The van der Waals surface area contributed by atoms with Crippen molar-refractivity contribution in [1.29, 1.82) is 0 Å². The standard InChI is InChI=1S/C14H20N4O2S/c1-14(2,18-21(3,19)20)9-16-13-7-4-10-8-11(15)5-6-12(10)17-13/h4-8,18H,9,15H2,1-3H3,(H,16,17). The molecule has 1 heterocycles. The average Bonchev–Trinajstić information content (AvgIpc) is 2.33. The van der Waals surface area contributed by atoms with Crippen molar-refractivity contribution in [3.05, 3.63) is 30.3 Å². The van der Waals surface area contributed by atoms with E-state index in [-0.39, 0.29) is 0 Å². The van der Waals surface area contributed by atoms with Crippen LogP contribution >= 0.6 is 0 Å². The lowest BCUT2D eigenvalue weighted by atomic mass is 10.1. The third-order valence-corrected chi connectivity index (χ3v) is 3.81. The molecule has 0 aliphatic carbocycles. The van der Waals surface area contributed by atoms with Gasteiger partial charge in [0.15, 0.2) is 0 Å². The molecule has 1 aromatic carbocycles. The highest BCUT2D eigenvalue weighted by atomic mass is 32.2. The van der Waals surface area contributed by atoms with E-state index in [1.165, 1.54) is 0 Å². The molecule has 0 bridgehead atoms. The van der Waals surface area contributed by atoms with E-state index < -0.39 is 15.6 Å². The normalized spacial score (nSPS) is 12.5. The molecular weight excluding hydrogens is 288 g/mol. The summed E-state index contributed by atoms with van der Waals surface area (Å²) >= 11 is 0. The van der Waals surface area contributed by atoms with E-state index in [1.807, 2.05) is 38.1 Å². The predicted molar refractivity (Wildman–Crippen MR) is 86.7 cm³/mol. The molecule has 0 spiro atoms. The van der Waals surface area contributed by atoms with Crippen LogP contribution in [-0.4, -0.2) is 31.7 Å². The molecule has 4 N–H and O–H groups in total. The molecule has 0 amide bonds. The SMILES string of the molecule is CC(C)(CNc1ccc2cc(N)ccc2n1)NS(C)(=O)=O. The Morgan fingerprint density at radius 2 is 1.95 bits per heavy atom. The molecule has 0 radical (unpaired) electrons. The second-order valence-corrected chi connectivity index (χ2v) is 7.51. The van der Waals surface area contributed by atoms with Gasteiger partial charge in [0.25, 0.3) is 0 Å². The van der Waals surface area contributed by atoms with Crippen LogP contribution in [0.3, 0.4) is 0 Å². The third kappa shape index (κ3) is 4.57. The molecular formula is C14H20N4O2S. The van der Waals surface area contributed by atoms with Crippen LogP contribution in [0.4, 0.5) is 11.5 Å². The summed E-state index contributed by atoms with van der Waals surface area (Å²) in [6.45, 7) is 4.04. The predicted octanol–water partition coefficient (Wildman–Crippen LogP) is 1.56. The monoisotopic (exact) mass is 308 g/mol. The van der Waals surface area contributed by atoms with Gasteiger partial charge in [-0.3, -0.25) is 0 Å². The van der Waals surface area contributed by atoms with Crippen LogP contribution < -0.4 is 15.8 Å². The number of fused-ring (bicyclic) bond motifs is 1. The van der Waals surface area contributed by atoms with Crippen molar-refractivity contribution in [3.8, 4) is 0 Å². The van der Waals surface area contributed by atoms with Crippen molar-refractivity contribution in [1.82, 2.24) is 9.71 Å². The van der Waals surface area contributed by atoms with Gasteiger partial charge in [0.1, 0.15) is 5.82 Å². The van der Waals surface area contributed by atoms with Gasteiger partial charge in [-0.1, -0.05) is 0 Å². The minimum Gasteiger partial charge on any atom is -0.399 e. The highest BCUT2D eigenvalue weighted by Gasteiger charge is 2.21. The van der Waals surface area contributed by atoms with E-state index in [0.717, 1.165) is 17.2 Å². The van der Waals surface area contributed by atoms with Crippen molar-refractivity contribution in [2.45, 2.75) is 19.4 Å². The minimum atomic E-state index is -3.25. The first-order valence-corrected chi connectivity index (χ1v) is 8.43. The molecule has 21 heavy (non-hydrogen) atoms. The zero-order valence-corrected chi connectivity index (χ0v) is 13.2. The number of nitrogen functional groups attached to an aromatic ring is 1. The van der Waals surface area contributed by atoms with Gasteiger partial charge in [-0.2, -0.15) is 0 Å². The maximum absolute atomic E-state index is 11.3. The largest absolute Gasteiger partial charge is 0.399 e. The second kappa shape index (κ2) is 5.50. The Labute approximate surface area is 124 Å². The van der Waals surface area contributed by atoms with Crippen LogP contribution in [0.15, 0.2) is 30.3 Å². The number of nitrogens with two attached hydrogens (primary N) is 1. The third-order valence-electron chi connectivity index (χ3n) is 2.89. The van der Waals surface area contributed by atoms with Gasteiger partial charge in [0.2, 0.25) is 10.0 Å². The number of anilines is 2. The van der Waals surface area contributed by atoms with E-state index in [4.69, 9.17) is 5.73 Å². The lowest BCUT2D eigenvalue weighted by Gasteiger charge is -2.25. The molecule has 6 nitrogen and oxygen atoms in total. The summed E-state index contributed by atoms with van der Waals surface area (Å²) in [6.07, 6.45) is 1.15. The highest BCUT2D eigenvalue weighted by Crippen LogP contribution is 2.18. The Bertz CT molecular complexity index is 757. The second-order valence-electron chi connectivity index (χ2n) is 5.76. The molecule has 1 aromatic heterocycles.